The van der Waals surface area contributed by atoms with Gasteiger partial charge in [0.2, 0.25) is 0 Å². The average molecular weight is 399 g/mol. The molecule has 4 rings (SSSR count). The van der Waals surface area contributed by atoms with Crippen LogP contribution < -0.4 is 10.9 Å². The van der Waals surface area contributed by atoms with E-state index < -0.39 is 17.5 Å². The van der Waals surface area contributed by atoms with Crippen LogP contribution in [-0.2, 0) is 0 Å². The maximum Gasteiger partial charge on any atom is 0.251 e. The summed E-state index contributed by atoms with van der Waals surface area (Å²) < 4.78 is 28.4. The summed E-state index contributed by atoms with van der Waals surface area (Å²) in [6.07, 6.45) is 2.82. The van der Waals surface area contributed by atoms with Gasteiger partial charge in [-0.3, -0.25) is 14.5 Å². The minimum absolute atomic E-state index is 0.0511. The number of piperidine rings is 1. The fourth-order valence-corrected chi connectivity index (χ4v) is 4.67. The molecule has 2 bridgehead atoms. The summed E-state index contributed by atoms with van der Waals surface area (Å²) in [5, 5.41) is 2.81. The normalized spacial score (nSPS) is 23.3. The summed E-state index contributed by atoms with van der Waals surface area (Å²) in [4.78, 5) is 27.4. The van der Waals surface area contributed by atoms with E-state index in [4.69, 9.17) is 0 Å². The van der Waals surface area contributed by atoms with Crippen molar-refractivity contribution in [1.29, 1.82) is 0 Å². The van der Waals surface area contributed by atoms with E-state index in [1.54, 1.807) is 10.6 Å². The van der Waals surface area contributed by atoms with Crippen molar-refractivity contribution < 1.29 is 13.6 Å². The van der Waals surface area contributed by atoms with Gasteiger partial charge in [-0.25, -0.2) is 8.78 Å². The first-order chi connectivity index (χ1) is 14.0. The van der Waals surface area contributed by atoms with Gasteiger partial charge < -0.3 is 9.88 Å². The summed E-state index contributed by atoms with van der Waals surface area (Å²) in [6, 6.07) is 8.16. The number of benzene rings is 1. The Balaban J connectivity index is 1.59. The minimum Gasteiger partial charge on any atom is -0.350 e. The molecule has 0 radical (unpaired) electrons. The van der Waals surface area contributed by atoms with Gasteiger partial charge in [0.1, 0.15) is 0 Å². The summed E-state index contributed by atoms with van der Waals surface area (Å²) >= 11 is 0. The molecule has 3 heterocycles. The average Bonchev–Trinajstić information content (AvgIpc) is 2.70. The largest absolute Gasteiger partial charge is 0.350 e. The van der Waals surface area contributed by atoms with E-state index in [0.29, 0.717) is 0 Å². The van der Waals surface area contributed by atoms with Crippen LogP contribution in [0.25, 0.3) is 0 Å². The van der Waals surface area contributed by atoms with Crippen LogP contribution >= 0.6 is 0 Å². The predicted molar refractivity (Wildman–Crippen MR) is 106 cm³/mol. The van der Waals surface area contributed by atoms with Crippen LogP contribution in [-0.4, -0.2) is 41.6 Å². The molecule has 2 aliphatic rings. The first-order valence-electron chi connectivity index (χ1n) is 9.76. The second-order valence-electron chi connectivity index (χ2n) is 7.77. The third-order valence-corrected chi connectivity index (χ3v) is 5.91. The summed E-state index contributed by atoms with van der Waals surface area (Å²) in [6.45, 7) is 6.53. The summed E-state index contributed by atoms with van der Waals surface area (Å²) in [7, 11) is 0. The molecule has 3 atom stereocenters. The molecule has 2 aromatic rings. The van der Waals surface area contributed by atoms with Crippen molar-refractivity contribution in [2.75, 3.05) is 26.2 Å². The zero-order valence-corrected chi connectivity index (χ0v) is 16.0. The number of halogens is 2. The molecule has 1 N–H and O–H groups in total. The van der Waals surface area contributed by atoms with E-state index >= 15 is 0 Å². The molecule has 1 fully saturated rings. The molecule has 0 spiro atoms. The van der Waals surface area contributed by atoms with E-state index in [2.05, 4.69) is 16.8 Å². The fraction of sp³-hybridized carbons (Fsp3) is 0.364. The minimum atomic E-state index is -1.06. The highest BCUT2D eigenvalue weighted by Crippen LogP contribution is 2.40. The highest BCUT2D eigenvalue weighted by atomic mass is 19.2. The van der Waals surface area contributed by atoms with Gasteiger partial charge in [0.15, 0.2) is 11.6 Å². The van der Waals surface area contributed by atoms with E-state index in [9.17, 15) is 18.4 Å². The number of pyridine rings is 1. The van der Waals surface area contributed by atoms with Crippen LogP contribution in [0.4, 0.5) is 8.78 Å². The zero-order valence-electron chi connectivity index (χ0n) is 16.0. The van der Waals surface area contributed by atoms with E-state index in [1.807, 2.05) is 12.1 Å². The van der Waals surface area contributed by atoms with Gasteiger partial charge in [-0.1, -0.05) is 12.1 Å². The topological polar surface area (TPSA) is 54.3 Å². The monoisotopic (exact) mass is 399 g/mol. The number of hydrogen-bond donors (Lipinski definition) is 1. The lowest BCUT2D eigenvalue weighted by atomic mass is 9.78. The van der Waals surface area contributed by atoms with Crippen LogP contribution in [0.15, 0.2) is 53.8 Å². The van der Waals surface area contributed by atoms with Crippen LogP contribution in [0, 0.1) is 17.6 Å². The second-order valence-corrected chi connectivity index (χ2v) is 7.77. The molecule has 0 saturated carbocycles. The van der Waals surface area contributed by atoms with Crippen molar-refractivity contribution in [3.05, 3.63) is 82.3 Å². The number of aromatic nitrogens is 1. The summed E-state index contributed by atoms with van der Waals surface area (Å²) in [5.74, 6) is -2.08. The quantitative estimate of drug-likeness (QED) is 0.787. The van der Waals surface area contributed by atoms with Crippen LogP contribution in [0.1, 0.15) is 34.4 Å². The summed E-state index contributed by atoms with van der Waals surface area (Å²) in [5.41, 5.74) is 0.950. The van der Waals surface area contributed by atoms with E-state index in [-0.39, 0.29) is 35.5 Å². The number of carbonyl (C=O) groups is 1. The number of fused-ring (bicyclic) bond motifs is 4. The lowest BCUT2D eigenvalue weighted by molar-refractivity contribution is 0.0857. The fourth-order valence-electron chi connectivity index (χ4n) is 4.67. The van der Waals surface area contributed by atoms with Gasteiger partial charge in [0, 0.05) is 49.4 Å². The first kappa shape index (κ1) is 19.5. The van der Waals surface area contributed by atoms with Crippen LogP contribution in [0.3, 0.4) is 0 Å². The molecule has 29 heavy (non-hydrogen) atoms. The molecule has 152 valence electrons. The third-order valence-electron chi connectivity index (χ3n) is 5.91. The van der Waals surface area contributed by atoms with Crippen molar-refractivity contribution in [3.8, 4) is 0 Å². The number of rotatable bonds is 5. The molecule has 0 aliphatic carbocycles. The first-order valence-corrected chi connectivity index (χ1v) is 9.76. The van der Waals surface area contributed by atoms with Crippen molar-refractivity contribution >= 4 is 5.91 Å². The van der Waals surface area contributed by atoms with Gasteiger partial charge >= 0.3 is 0 Å². The Hall–Kier alpha value is -2.80. The Morgan fingerprint density at radius 1 is 1.21 bits per heavy atom. The number of nitrogens with one attached hydrogen (secondary N) is 1. The Labute approximate surface area is 167 Å². The number of nitrogens with zero attached hydrogens (tertiary/aromatic N) is 2. The maximum atomic E-state index is 13.5. The Bertz CT molecular complexity index is 1000. The Morgan fingerprint density at radius 3 is 2.79 bits per heavy atom. The van der Waals surface area contributed by atoms with Crippen molar-refractivity contribution in [2.24, 2.45) is 5.92 Å². The standard InChI is InChI=1S/C22H23F2N3O2/c1-2-8-26-12-15-9-16(13-26)20(27-19(15)4-3-5-21(27)28)11-25-22(29)14-6-7-17(23)18(24)10-14/h2-7,10,15-16,20H,1,8-9,11-13H2,(H,25,29)/t15-,16+,20+/m1/s1. The van der Waals surface area contributed by atoms with E-state index in [0.717, 1.165) is 43.9 Å². The SMILES string of the molecule is C=CCN1C[C@H]2C[C@@H](C1)[C@H](CNC(=O)c1ccc(F)c(F)c1)n1c2cccc1=O. The molecular formula is C22H23F2N3O2. The maximum absolute atomic E-state index is 13.5. The van der Waals surface area contributed by atoms with Crippen molar-refractivity contribution in [1.82, 2.24) is 14.8 Å². The zero-order chi connectivity index (χ0) is 20.5. The van der Waals surface area contributed by atoms with Crippen molar-refractivity contribution in [2.45, 2.75) is 18.4 Å². The van der Waals surface area contributed by atoms with Gasteiger partial charge in [-0.15, -0.1) is 6.58 Å². The molecule has 1 aromatic carbocycles. The number of amides is 1. The molecule has 2 aliphatic heterocycles. The molecule has 1 amide bonds. The van der Waals surface area contributed by atoms with Gasteiger partial charge in [-0.05, 0) is 36.6 Å². The lowest BCUT2D eigenvalue weighted by Crippen LogP contribution is -2.52. The second kappa shape index (κ2) is 7.91. The van der Waals surface area contributed by atoms with Crippen LogP contribution in [0.5, 0.6) is 0 Å². The number of likely N-dealkylation sites (tertiary alicyclic amines) is 1. The van der Waals surface area contributed by atoms with Crippen LogP contribution in [0.2, 0.25) is 0 Å². The molecule has 0 unspecified atom stereocenters. The van der Waals surface area contributed by atoms with Gasteiger partial charge in [0.05, 0.1) is 6.04 Å². The highest BCUT2D eigenvalue weighted by Gasteiger charge is 2.40. The highest BCUT2D eigenvalue weighted by molar-refractivity contribution is 5.94. The molecule has 1 aromatic heterocycles. The molecule has 1 saturated heterocycles. The Kier molecular flexibility index (Phi) is 5.32. The molecule has 5 nitrogen and oxygen atoms in total. The van der Waals surface area contributed by atoms with E-state index in [1.165, 1.54) is 12.1 Å². The predicted octanol–water partition coefficient (Wildman–Crippen LogP) is 2.70. The number of carbonyl (C=O) groups excluding carboxylic acids is 1. The lowest BCUT2D eigenvalue weighted by Gasteiger charge is -2.46. The van der Waals surface area contributed by atoms with Gasteiger partial charge in [-0.2, -0.15) is 0 Å². The smallest absolute Gasteiger partial charge is 0.251 e. The third kappa shape index (κ3) is 3.74. The van der Waals surface area contributed by atoms with Gasteiger partial charge in [0.25, 0.3) is 11.5 Å². The van der Waals surface area contributed by atoms with Crippen molar-refractivity contribution in [3.63, 3.8) is 0 Å². The Morgan fingerprint density at radius 2 is 2.03 bits per heavy atom. The number of hydrogen-bond acceptors (Lipinski definition) is 3. The molecular weight excluding hydrogens is 376 g/mol. The molecule has 7 heteroatoms.